The zero-order chi connectivity index (χ0) is 7.28. The Morgan fingerprint density at radius 3 is 2.20 bits per heavy atom. The van der Waals surface area contributed by atoms with Crippen molar-refractivity contribution in [2.45, 2.75) is 20.3 Å². The maximum absolute atomic E-state index is 9.76. The van der Waals surface area contributed by atoms with Gasteiger partial charge in [-0.25, -0.2) is 0 Å². The van der Waals surface area contributed by atoms with Gasteiger partial charge in [0, 0.05) is 6.61 Å². The third kappa shape index (κ3) is 11.3. The van der Waals surface area contributed by atoms with Gasteiger partial charge in [0.15, 0.2) is 0 Å². The molecule has 0 heterocycles. The molecule has 0 aliphatic heterocycles. The van der Waals surface area contributed by atoms with Crippen LogP contribution in [0.1, 0.15) is 20.3 Å². The van der Waals surface area contributed by atoms with Crippen molar-refractivity contribution in [2.75, 3.05) is 6.61 Å². The molecule has 5 heteroatoms. The first kappa shape index (κ1) is 13.1. The predicted octanol–water partition coefficient (Wildman–Crippen LogP) is -1.72. The van der Waals surface area contributed by atoms with E-state index in [1.54, 1.807) is 0 Å². The molecule has 0 atom stereocenters. The molecule has 0 amide bonds. The number of hydrogen-bond donors (Lipinski definition) is 0. The van der Waals surface area contributed by atoms with Gasteiger partial charge in [0.05, 0.1) is 11.0 Å². The molecule has 0 unspecified atom stereocenters. The first-order valence-corrected chi connectivity index (χ1v) is 3.85. The zero-order valence-electron chi connectivity index (χ0n) is 6.62. The van der Waals surface area contributed by atoms with Gasteiger partial charge in [0.1, 0.15) is 0 Å². The molecule has 0 fully saturated rings. The van der Waals surface area contributed by atoms with Crippen LogP contribution < -0.4 is 18.9 Å². The molecule has 0 radical (unpaired) electrons. The topological polar surface area (TPSA) is 43.4 Å². The fourth-order valence-corrected chi connectivity index (χ4v) is 0.584. The van der Waals surface area contributed by atoms with Gasteiger partial charge in [-0.3, -0.25) is 0 Å². The Kier molecular flexibility index (Phi) is 9.99. The van der Waals surface area contributed by atoms with E-state index in [-0.39, 0.29) is 18.9 Å². The van der Waals surface area contributed by atoms with Gasteiger partial charge < -0.3 is 12.6 Å². The Morgan fingerprint density at radius 1 is 1.40 bits per heavy atom. The van der Waals surface area contributed by atoms with Crippen LogP contribution in [0.4, 0.5) is 0 Å². The fraction of sp³-hybridized carbons (Fsp3) is 1.00. The normalized spacial score (nSPS) is 10.0. The van der Waals surface area contributed by atoms with E-state index in [0.29, 0.717) is 12.5 Å². The minimum absolute atomic E-state index is 0. The van der Waals surface area contributed by atoms with Crippen molar-refractivity contribution in [1.82, 2.24) is 0 Å². The molecule has 0 aromatic rings. The number of rotatable bonds is 4. The Balaban J connectivity index is 0. The second-order valence-corrected chi connectivity index (χ2v) is 2.85. The van der Waals surface area contributed by atoms with Crippen molar-refractivity contribution in [1.29, 1.82) is 0 Å². The molecule has 0 saturated heterocycles. The van der Waals surface area contributed by atoms with Crippen LogP contribution in [0.2, 0.25) is 0 Å². The standard InChI is InChI=1S/C5H11O3S.Li/c1-5(2)3-4-8-9(6)7;/h5H,3-4H2,1-2H3;/q-1;+1. The van der Waals surface area contributed by atoms with Gasteiger partial charge in [-0.05, 0) is 12.3 Å². The molecule has 56 valence electrons. The van der Waals surface area contributed by atoms with E-state index in [1.165, 1.54) is 0 Å². The summed E-state index contributed by atoms with van der Waals surface area (Å²) in [7, 11) is -2.33. The second-order valence-electron chi connectivity index (χ2n) is 2.21. The number of hydrogen-bond acceptors (Lipinski definition) is 4. The molecule has 0 spiro atoms. The maximum Gasteiger partial charge on any atom is 1.00 e. The van der Waals surface area contributed by atoms with Crippen LogP contribution >= 0.6 is 0 Å². The van der Waals surface area contributed by atoms with E-state index >= 15 is 0 Å². The Bertz CT molecular complexity index is 125. The van der Waals surface area contributed by atoms with Crippen LogP contribution in [0.15, 0.2) is 0 Å². The van der Waals surface area contributed by atoms with Crippen LogP contribution in [-0.2, 0) is 23.6 Å². The summed E-state index contributed by atoms with van der Waals surface area (Å²) in [4.78, 5) is 0. The predicted molar refractivity (Wildman–Crippen MR) is 34.1 cm³/mol. The molecule has 0 aromatic carbocycles. The minimum Gasteiger partial charge on any atom is -0.424 e. The van der Waals surface area contributed by atoms with Crippen molar-refractivity contribution in [3.63, 3.8) is 0 Å². The van der Waals surface area contributed by atoms with Crippen molar-refractivity contribution in [2.24, 2.45) is 5.92 Å². The largest absolute Gasteiger partial charge is 1.00 e. The van der Waals surface area contributed by atoms with E-state index in [9.17, 15) is 8.42 Å². The summed E-state index contributed by atoms with van der Waals surface area (Å²) in [5.41, 5.74) is 0. The molecular weight excluding hydrogens is 147 g/mol. The van der Waals surface area contributed by atoms with Crippen LogP contribution in [0.5, 0.6) is 0 Å². The third-order valence-corrected chi connectivity index (χ3v) is 1.23. The Labute approximate surface area is 75.5 Å². The van der Waals surface area contributed by atoms with Gasteiger partial charge in [0.2, 0.25) is 0 Å². The molecular formula is C5H11LiO3S. The second kappa shape index (κ2) is 7.61. The summed E-state index contributed by atoms with van der Waals surface area (Å²) in [6.07, 6.45) is 0.786. The Morgan fingerprint density at radius 2 is 1.90 bits per heavy atom. The minimum atomic E-state index is -2.33. The maximum atomic E-state index is 9.76. The summed E-state index contributed by atoms with van der Waals surface area (Å²) in [6, 6.07) is 0. The molecule has 3 nitrogen and oxygen atoms in total. The SMILES string of the molecule is CC(C)CCO[S-](=O)=O.[Li+]. The molecule has 0 saturated carbocycles. The summed E-state index contributed by atoms with van der Waals surface area (Å²) in [5.74, 6) is 0.494. The molecule has 0 aromatic heterocycles. The molecule has 0 bridgehead atoms. The zero-order valence-corrected chi connectivity index (χ0v) is 7.44. The van der Waals surface area contributed by atoms with E-state index in [2.05, 4.69) is 4.18 Å². The summed E-state index contributed by atoms with van der Waals surface area (Å²) < 4.78 is 23.8. The van der Waals surface area contributed by atoms with Crippen molar-refractivity contribution in [3.05, 3.63) is 0 Å². The molecule has 0 N–H and O–H groups in total. The molecule has 10 heavy (non-hydrogen) atoms. The van der Waals surface area contributed by atoms with Crippen molar-refractivity contribution in [3.8, 4) is 0 Å². The van der Waals surface area contributed by atoms with E-state index in [4.69, 9.17) is 0 Å². The monoisotopic (exact) mass is 158 g/mol. The smallest absolute Gasteiger partial charge is 0.424 e. The summed E-state index contributed by atoms with van der Waals surface area (Å²) in [6.45, 7) is 4.32. The van der Waals surface area contributed by atoms with E-state index < -0.39 is 11.0 Å². The average Bonchev–Trinajstić information content (AvgIpc) is 1.63. The Hall–Kier alpha value is 0.507. The molecule has 0 rings (SSSR count). The van der Waals surface area contributed by atoms with Gasteiger partial charge in [-0.15, -0.1) is 0 Å². The van der Waals surface area contributed by atoms with Gasteiger partial charge in [-0.1, -0.05) is 13.8 Å². The quantitative estimate of drug-likeness (QED) is 0.361. The fourth-order valence-electron chi connectivity index (χ4n) is 0.352. The van der Waals surface area contributed by atoms with E-state index in [0.717, 1.165) is 6.42 Å². The van der Waals surface area contributed by atoms with Crippen LogP contribution in [0.3, 0.4) is 0 Å². The summed E-state index contributed by atoms with van der Waals surface area (Å²) >= 11 is 0. The first-order valence-electron chi connectivity index (χ1n) is 2.85. The van der Waals surface area contributed by atoms with Gasteiger partial charge >= 0.3 is 18.9 Å². The van der Waals surface area contributed by atoms with Gasteiger partial charge in [0.25, 0.3) is 0 Å². The summed E-state index contributed by atoms with van der Waals surface area (Å²) in [5, 5.41) is 0. The van der Waals surface area contributed by atoms with Crippen molar-refractivity contribution >= 4 is 11.0 Å². The van der Waals surface area contributed by atoms with Crippen LogP contribution in [0, 0.1) is 5.92 Å². The first-order chi connectivity index (χ1) is 4.13. The molecule has 0 aliphatic rings. The average molecular weight is 158 g/mol. The van der Waals surface area contributed by atoms with Crippen LogP contribution in [0.25, 0.3) is 0 Å². The third-order valence-electron chi connectivity index (χ3n) is 0.875. The van der Waals surface area contributed by atoms with Gasteiger partial charge in [-0.2, -0.15) is 0 Å². The van der Waals surface area contributed by atoms with Crippen molar-refractivity contribution < 1.29 is 31.5 Å². The van der Waals surface area contributed by atoms with Crippen LogP contribution in [-0.4, -0.2) is 6.61 Å². The van der Waals surface area contributed by atoms with E-state index in [1.807, 2.05) is 13.8 Å². The molecule has 0 aliphatic carbocycles.